The molecule has 4 rings (SSSR count). The van der Waals surface area contributed by atoms with E-state index in [1.807, 2.05) is 45.0 Å². The van der Waals surface area contributed by atoms with Crippen molar-refractivity contribution in [1.29, 1.82) is 0 Å². The van der Waals surface area contributed by atoms with Crippen molar-refractivity contribution < 1.29 is 14.3 Å². The SMILES string of the molecule is CC(C)(C)OC(=O)N1[C@@H]2C[C@@H]2C[C@H]1C(=O)N[C@@H]1C[C@H]1c1ccccc1Cl. The Kier molecular flexibility index (Phi) is 4.18. The van der Waals surface area contributed by atoms with Gasteiger partial charge >= 0.3 is 6.09 Å². The Morgan fingerprint density at radius 3 is 2.62 bits per heavy atom. The summed E-state index contributed by atoms with van der Waals surface area (Å²) in [6.07, 6.45) is 2.23. The zero-order valence-electron chi connectivity index (χ0n) is 15.4. The second-order valence-electron chi connectivity index (χ2n) is 8.68. The summed E-state index contributed by atoms with van der Waals surface area (Å²) >= 11 is 6.26. The third kappa shape index (κ3) is 3.41. The summed E-state index contributed by atoms with van der Waals surface area (Å²) in [5.41, 5.74) is 0.522. The molecule has 1 aromatic carbocycles. The van der Waals surface area contributed by atoms with Crippen molar-refractivity contribution in [3.05, 3.63) is 34.9 Å². The monoisotopic (exact) mass is 376 g/mol. The lowest BCUT2D eigenvalue weighted by Crippen LogP contribution is -2.50. The molecule has 5 nitrogen and oxygen atoms in total. The summed E-state index contributed by atoms with van der Waals surface area (Å²) in [6, 6.07) is 7.61. The molecule has 1 aliphatic heterocycles. The van der Waals surface area contributed by atoms with Crippen LogP contribution in [0.15, 0.2) is 24.3 Å². The average molecular weight is 377 g/mol. The molecule has 2 aliphatic carbocycles. The molecule has 1 N–H and O–H groups in total. The van der Waals surface area contributed by atoms with Crippen LogP contribution in [-0.2, 0) is 9.53 Å². The molecule has 6 heteroatoms. The maximum Gasteiger partial charge on any atom is 0.411 e. The number of hydrogen-bond donors (Lipinski definition) is 1. The molecular weight excluding hydrogens is 352 g/mol. The number of likely N-dealkylation sites (tertiary alicyclic amines) is 1. The lowest BCUT2D eigenvalue weighted by molar-refractivity contribution is -0.126. The van der Waals surface area contributed by atoms with E-state index in [-0.39, 0.29) is 30.0 Å². The summed E-state index contributed by atoms with van der Waals surface area (Å²) in [4.78, 5) is 27.0. The summed E-state index contributed by atoms with van der Waals surface area (Å²) in [6.45, 7) is 5.54. The lowest BCUT2D eigenvalue weighted by atomic mass is 10.1. The second-order valence-corrected chi connectivity index (χ2v) is 9.09. The predicted octanol–water partition coefficient (Wildman–Crippen LogP) is 3.71. The highest BCUT2D eigenvalue weighted by molar-refractivity contribution is 6.31. The first-order chi connectivity index (χ1) is 12.2. The Morgan fingerprint density at radius 1 is 1.19 bits per heavy atom. The molecule has 1 aromatic rings. The first-order valence-corrected chi connectivity index (χ1v) is 9.68. The van der Waals surface area contributed by atoms with E-state index in [0.717, 1.165) is 29.8 Å². The molecule has 1 saturated heterocycles. The zero-order chi connectivity index (χ0) is 18.6. The van der Waals surface area contributed by atoms with E-state index < -0.39 is 11.6 Å². The van der Waals surface area contributed by atoms with E-state index >= 15 is 0 Å². The molecule has 3 aliphatic rings. The molecule has 140 valence electrons. The maximum atomic E-state index is 12.8. The number of halogens is 1. The van der Waals surface area contributed by atoms with Gasteiger partial charge in [-0.2, -0.15) is 0 Å². The molecule has 0 bridgehead atoms. The Morgan fingerprint density at radius 2 is 1.92 bits per heavy atom. The van der Waals surface area contributed by atoms with Gasteiger partial charge in [-0.3, -0.25) is 9.69 Å². The fourth-order valence-electron chi connectivity index (χ4n) is 4.02. The van der Waals surface area contributed by atoms with Crippen LogP contribution in [0.3, 0.4) is 0 Å². The second kappa shape index (κ2) is 6.15. The summed E-state index contributed by atoms with van der Waals surface area (Å²) < 4.78 is 5.52. The number of hydrogen-bond acceptors (Lipinski definition) is 3. The molecule has 0 spiro atoms. The van der Waals surface area contributed by atoms with Gasteiger partial charge in [-0.15, -0.1) is 0 Å². The molecule has 2 saturated carbocycles. The minimum absolute atomic E-state index is 0.0670. The van der Waals surface area contributed by atoms with Crippen molar-refractivity contribution in [3.8, 4) is 0 Å². The predicted molar refractivity (Wildman–Crippen MR) is 99.1 cm³/mol. The summed E-state index contributed by atoms with van der Waals surface area (Å²) in [5.74, 6) is 0.637. The van der Waals surface area contributed by atoms with Crippen molar-refractivity contribution in [2.45, 2.75) is 69.7 Å². The number of carbonyl (C=O) groups excluding carboxylic acids is 2. The van der Waals surface area contributed by atoms with E-state index in [4.69, 9.17) is 16.3 Å². The summed E-state index contributed by atoms with van der Waals surface area (Å²) in [7, 11) is 0. The van der Waals surface area contributed by atoms with Crippen LogP contribution < -0.4 is 5.32 Å². The number of carbonyl (C=O) groups is 2. The molecule has 0 radical (unpaired) electrons. The van der Waals surface area contributed by atoms with Gasteiger partial charge in [0.15, 0.2) is 0 Å². The van der Waals surface area contributed by atoms with Crippen molar-refractivity contribution in [1.82, 2.24) is 10.2 Å². The maximum absolute atomic E-state index is 12.8. The van der Waals surface area contributed by atoms with Gasteiger partial charge in [0.05, 0.1) is 0 Å². The number of amides is 2. The normalized spacial score (nSPS) is 32.0. The third-order valence-electron chi connectivity index (χ3n) is 5.43. The Labute approximate surface area is 159 Å². The van der Waals surface area contributed by atoms with Crippen LogP contribution in [0.2, 0.25) is 5.02 Å². The highest BCUT2D eigenvalue weighted by Crippen LogP contribution is 2.49. The van der Waals surface area contributed by atoms with Gasteiger partial charge in [0.25, 0.3) is 0 Å². The highest BCUT2D eigenvalue weighted by Gasteiger charge is 2.57. The minimum Gasteiger partial charge on any atom is -0.444 e. The Hall–Kier alpha value is -1.75. The molecule has 0 unspecified atom stereocenters. The van der Waals surface area contributed by atoms with Gasteiger partial charge < -0.3 is 10.1 Å². The molecule has 0 aromatic heterocycles. The number of fused-ring (bicyclic) bond motifs is 1. The first-order valence-electron chi connectivity index (χ1n) is 9.31. The van der Waals surface area contributed by atoms with Crippen LogP contribution in [0.5, 0.6) is 0 Å². The molecule has 3 fully saturated rings. The van der Waals surface area contributed by atoms with Crippen molar-refractivity contribution in [2.75, 3.05) is 0 Å². The number of nitrogens with zero attached hydrogens (tertiary/aromatic N) is 1. The van der Waals surface area contributed by atoms with Crippen LogP contribution in [0.4, 0.5) is 4.79 Å². The summed E-state index contributed by atoms with van der Waals surface area (Å²) in [5, 5.41) is 3.86. The fraction of sp³-hybridized carbons (Fsp3) is 0.600. The van der Waals surface area contributed by atoms with Crippen LogP contribution in [-0.4, -0.2) is 40.6 Å². The van der Waals surface area contributed by atoms with Crippen molar-refractivity contribution >= 4 is 23.6 Å². The van der Waals surface area contributed by atoms with E-state index in [2.05, 4.69) is 5.32 Å². The van der Waals surface area contributed by atoms with Gasteiger partial charge in [0.2, 0.25) is 5.91 Å². The molecular formula is C20H25ClN2O3. The van der Waals surface area contributed by atoms with Crippen LogP contribution in [0.25, 0.3) is 0 Å². The largest absolute Gasteiger partial charge is 0.444 e. The smallest absolute Gasteiger partial charge is 0.411 e. The van der Waals surface area contributed by atoms with Gasteiger partial charge in [0.1, 0.15) is 11.6 Å². The Balaban J connectivity index is 1.39. The number of benzene rings is 1. The van der Waals surface area contributed by atoms with Crippen molar-refractivity contribution in [3.63, 3.8) is 0 Å². The van der Waals surface area contributed by atoms with Gasteiger partial charge in [0, 0.05) is 23.0 Å². The molecule has 2 amide bonds. The molecule has 1 heterocycles. The van der Waals surface area contributed by atoms with E-state index in [9.17, 15) is 9.59 Å². The topological polar surface area (TPSA) is 58.6 Å². The van der Waals surface area contributed by atoms with Gasteiger partial charge in [-0.05, 0) is 57.6 Å². The Bertz CT molecular complexity index is 745. The van der Waals surface area contributed by atoms with Crippen molar-refractivity contribution in [2.24, 2.45) is 5.92 Å². The number of piperidine rings is 1. The standard InChI is InChI=1S/C20H25ClN2O3/c1-20(2,3)26-19(25)23-16-8-11(16)9-17(23)18(24)22-15-10-13(15)12-6-4-5-7-14(12)21/h4-7,11,13,15-17H,8-10H2,1-3H3,(H,22,24)/t11-,13+,15-,16-,17+/m1/s1. The zero-order valence-corrected chi connectivity index (χ0v) is 16.1. The highest BCUT2D eigenvalue weighted by atomic mass is 35.5. The van der Waals surface area contributed by atoms with E-state index in [0.29, 0.717) is 5.92 Å². The van der Waals surface area contributed by atoms with Gasteiger partial charge in [-0.1, -0.05) is 29.8 Å². The fourth-order valence-corrected chi connectivity index (χ4v) is 4.30. The lowest BCUT2D eigenvalue weighted by Gasteiger charge is -2.30. The first kappa shape index (κ1) is 17.7. The quantitative estimate of drug-likeness (QED) is 0.874. The minimum atomic E-state index is -0.559. The average Bonchev–Trinajstić information content (AvgIpc) is 3.44. The van der Waals surface area contributed by atoms with E-state index in [1.165, 1.54) is 0 Å². The van der Waals surface area contributed by atoms with E-state index in [1.54, 1.807) is 4.90 Å². The molecule has 5 atom stereocenters. The third-order valence-corrected chi connectivity index (χ3v) is 5.78. The van der Waals surface area contributed by atoms with Gasteiger partial charge in [-0.25, -0.2) is 4.79 Å². The van der Waals surface area contributed by atoms with Crippen LogP contribution >= 0.6 is 11.6 Å². The van der Waals surface area contributed by atoms with Crippen LogP contribution in [0.1, 0.15) is 51.5 Å². The van der Waals surface area contributed by atoms with Crippen LogP contribution in [0, 0.1) is 5.92 Å². The number of ether oxygens (including phenoxy) is 1. The number of nitrogens with one attached hydrogen (secondary N) is 1. The number of rotatable bonds is 3. The molecule has 26 heavy (non-hydrogen) atoms.